The third-order valence-corrected chi connectivity index (χ3v) is 6.06. The van der Waals surface area contributed by atoms with Crippen molar-refractivity contribution in [3.63, 3.8) is 0 Å². The van der Waals surface area contributed by atoms with E-state index in [-0.39, 0.29) is 5.76 Å². The van der Waals surface area contributed by atoms with Crippen LogP contribution in [0.1, 0.15) is 40.8 Å². The number of para-hydroxylation sites is 1. The number of ether oxygens (including phenoxy) is 1. The highest BCUT2D eigenvalue weighted by molar-refractivity contribution is 7.98. The Morgan fingerprint density at radius 3 is 2.97 bits per heavy atom. The first-order valence-corrected chi connectivity index (χ1v) is 10.5. The molecule has 5 rings (SSSR count). The molecule has 1 fully saturated rings. The van der Waals surface area contributed by atoms with Crippen LogP contribution in [0, 0.1) is 6.92 Å². The number of H-pyrrole nitrogens is 1. The van der Waals surface area contributed by atoms with Crippen molar-refractivity contribution >= 4 is 28.6 Å². The zero-order valence-electron chi connectivity index (χ0n) is 16.1. The maximum atomic E-state index is 11.8. The molecule has 1 aliphatic rings. The fraction of sp³-hybridized carbons (Fsp3) is 0.286. The molecule has 1 aliphatic carbocycles. The normalized spacial score (nSPS) is 13.9. The predicted octanol–water partition coefficient (Wildman–Crippen LogP) is 4.74. The van der Waals surface area contributed by atoms with Gasteiger partial charge < -0.3 is 14.1 Å². The molecule has 0 radical (unpaired) electrons. The van der Waals surface area contributed by atoms with Crippen LogP contribution in [-0.2, 0) is 10.5 Å². The molecule has 1 saturated carbocycles. The lowest BCUT2D eigenvalue weighted by Gasteiger charge is -2.07. The number of aryl methyl sites for hydroxylation is 1. The second kappa shape index (κ2) is 7.11. The van der Waals surface area contributed by atoms with Gasteiger partial charge in [-0.05, 0) is 31.9 Å². The smallest absolute Gasteiger partial charge is 0.374 e. The maximum Gasteiger partial charge on any atom is 0.374 e. The Balaban J connectivity index is 1.44. The summed E-state index contributed by atoms with van der Waals surface area (Å²) in [7, 11) is 1.35. The number of rotatable bonds is 6. The number of esters is 1. The van der Waals surface area contributed by atoms with Crippen molar-refractivity contribution in [2.45, 2.75) is 36.7 Å². The molecule has 0 unspecified atom stereocenters. The van der Waals surface area contributed by atoms with Crippen molar-refractivity contribution in [1.29, 1.82) is 0 Å². The van der Waals surface area contributed by atoms with E-state index in [9.17, 15) is 4.79 Å². The highest BCUT2D eigenvalue weighted by Crippen LogP contribution is 2.42. The Kier molecular flexibility index (Phi) is 4.43. The molecule has 1 N–H and O–H groups in total. The number of aromatic amines is 1. The van der Waals surface area contributed by atoms with Gasteiger partial charge in [-0.25, -0.2) is 4.79 Å². The van der Waals surface area contributed by atoms with Crippen LogP contribution in [0.4, 0.5) is 0 Å². The van der Waals surface area contributed by atoms with E-state index in [0.29, 0.717) is 17.6 Å². The molecule has 3 heterocycles. The summed E-state index contributed by atoms with van der Waals surface area (Å²) in [6.45, 7) is 1.84. The van der Waals surface area contributed by atoms with Gasteiger partial charge >= 0.3 is 5.97 Å². The van der Waals surface area contributed by atoms with E-state index < -0.39 is 5.97 Å². The van der Waals surface area contributed by atoms with Crippen LogP contribution < -0.4 is 0 Å². The standard InChI is InChI=1S/C21H20N4O3S/c1-12-9-14(28-18(12)20(26)27-2)11-29-21-24-23-19(25(21)13-7-8-13)16-10-22-17-6-4-3-5-15(16)17/h3-6,9-10,13,22H,7-8,11H2,1-2H3. The third kappa shape index (κ3) is 3.23. The molecule has 0 aliphatic heterocycles. The molecule has 7 nitrogen and oxygen atoms in total. The fourth-order valence-corrected chi connectivity index (χ4v) is 4.41. The van der Waals surface area contributed by atoms with E-state index in [1.165, 1.54) is 7.11 Å². The van der Waals surface area contributed by atoms with Gasteiger partial charge in [0.15, 0.2) is 11.0 Å². The summed E-state index contributed by atoms with van der Waals surface area (Å²) < 4.78 is 12.7. The summed E-state index contributed by atoms with van der Waals surface area (Å²) in [6.07, 6.45) is 4.27. The van der Waals surface area contributed by atoms with Gasteiger partial charge in [-0.2, -0.15) is 0 Å². The average molecular weight is 408 g/mol. The predicted molar refractivity (Wildman–Crippen MR) is 110 cm³/mol. The number of fused-ring (bicyclic) bond motifs is 1. The van der Waals surface area contributed by atoms with Gasteiger partial charge in [0.25, 0.3) is 0 Å². The zero-order valence-corrected chi connectivity index (χ0v) is 17.0. The third-order valence-electron chi connectivity index (χ3n) is 5.09. The Labute approximate surface area is 171 Å². The van der Waals surface area contributed by atoms with Crippen molar-refractivity contribution in [2.75, 3.05) is 7.11 Å². The van der Waals surface area contributed by atoms with Crippen LogP contribution in [0.3, 0.4) is 0 Å². The molecule has 0 amide bonds. The minimum Gasteiger partial charge on any atom is -0.463 e. The van der Waals surface area contributed by atoms with Gasteiger partial charge in [-0.1, -0.05) is 30.0 Å². The minimum atomic E-state index is -0.457. The fourth-order valence-electron chi connectivity index (χ4n) is 3.53. The minimum absolute atomic E-state index is 0.256. The summed E-state index contributed by atoms with van der Waals surface area (Å²) in [4.78, 5) is 15.1. The number of carbonyl (C=O) groups is 1. The lowest BCUT2D eigenvalue weighted by Crippen LogP contribution is -2.00. The van der Waals surface area contributed by atoms with Crippen molar-refractivity contribution in [2.24, 2.45) is 0 Å². The summed E-state index contributed by atoms with van der Waals surface area (Å²) in [5.41, 5.74) is 2.92. The SMILES string of the molecule is COC(=O)c1oc(CSc2nnc(-c3c[nH]c4ccccc34)n2C2CC2)cc1C. The van der Waals surface area contributed by atoms with Crippen molar-refractivity contribution in [3.8, 4) is 11.4 Å². The van der Waals surface area contributed by atoms with Gasteiger partial charge in [-0.15, -0.1) is 10.2 Å². The van der Waals surface area contributed by atoms with Crippen LogP contribution >= 0.6 is 11.8 Å². The Bertz CT molecular complexity index is 1200. The Morgan fingerprint density at radius 1 is 1.34 bits per heavy atom. The number of methoxy groups -OCH3 is 1. The number of thioether (sulfide) groups is 1. The summed E-state index contributed by atoms with van der Waals surface area (Å²) in [5, 5.41) is 11.0. The monoisotopic (exact) mass is 408 g/mol. The van der Waals surface area contributed by atoms with Gasteiger partial charge in [0.1, 0.15) is 5.76 Å². The lowest BCUT2D eigenvalue weighted by molar-refractivity contribution is 0.0562. The van der Waals surface area contributed by atoms with Gasteiger partial charge in [-0.3, -0.25) is 4.57 Å². The molecule has 29 heavy (non-hydrogen) atoms. The second-order valence-electron chi connectivity index (χ2n) is 7.16. The lowest BCUT2D eigenvalue weighted by atomic mass is 10.1. The highest BCUT2D eigenvalue weighted by Gasteiger charge is 2.31. The van der Waals surface area contributed by atoms with Gasteiger partial charge in [0, 0.05) is 34.3 Å². The van der Waals surface area contributed by atoms with E-state index in [4.69, 9.17) is 9.15 Å². The highest BCUT2D eigenvalue weighted by atomic mass is 32.2. The van der Waals surface area contributed by atoms with Crippen LogP contribution in [0.15, 0.2) is 46.1 Å². The number of carbonyl (C=O) groups excluding carboxylic acids is 1. The number of benzene rings is 1. The largest absolute Gasteiger partial charge is 0.463 e. The zero-order chi connectivity index (χ0) is 20.0. The topological polar surface area (TPSA) is 85.9 Å². The van der Waals surface area contributed by atoms with E-state index in [1.807, 2.05) is 31.3 Å². The molecule has 0 bridgehead atoms. The number of nitrogens with one attached hydrogen (secondary N) is 1. The van der Waals surface area contributed by atoms with Gasteiger partial charge in [0.05, 0.1) is 12.9 Å². The molecule has 0 atom stereocenters. The van der Waals surface area contributed by atoms with E-state index in [0.717, 1.165) is 45.9 Å². The Hall–Kier alpha value is -3.00. The average Bonchev–Trinajstić information content (AvgIpc) is 3.18. The molecule has 0 saturated heterocycles. The Morgan fingerprint density at radius 2 is 2.17 bits per heavy atom. The summed E-state index contributed by atoms with van der Waals surface area (Å²) >= 11 is 1.57. The van der Waals surface area contributed by atoms with Crippen LogP contribution in [0.25, 0.3) is 22.3 Å². The summed E-state index contributed by atoms with van der Waals surface area (Å²) in [5.74, 6) is 1.97. The van der Waals surface area contributed by atoms with Crippen LogP contribution in [0.2, 0.25) is 0 Å². The maximum absolute atomic E-state index is 11.8. The number of aromatic nitrogens is 4. The van der Waals surface area contributed by atoms with Crippen LogP contribution in [0.5, 0.6) is 0 Å². The number of hydrogen-bond donors (Lipinski definition) is 1. The second-order valence-corrected chi connectivity index (χ2v) is 8.10. The first-order valence-electron chi connectivity index (χ1n) is 9.47. The van der Waals surface area contributed by atoms with E-state index in [2.05, 4.69) is 31.9 Å². The van der Waals surface area contributed by atoms with Crippen molar-refractivity contribution in [1.82, 2.24) is 19.7 Å². The van der Waals surface area contributed by atoms with E-state index in [1.54, 1.807) is 11.8 Å². The van der Waals surface area contributed by atoms with Crippen LogP contribution in [-0.4, -0.2) is 32.8 Å². The molecular formula is C21H20N4O3S. The quantitative estimate of drug-likeness (QED) is 0.366. The number of hydrogen-bond acceptors (Lipinski definition) is 6. The van der Waals surface area contributed by atoms with Crippen molar-refractivity contribution in [3.05, 3.63) is 53.6 Å². The molecule has 4 aromatic rings. The first kappa shape index (κ1) is 18.1. The van der Waals surface area contributed by atoms with Gasteiger partial charge in [0.2, 0.25) is 5.76 Å². The van der Waals surface area contributed by atoms with Crippen molar-refractivity contribution < 1.29 is 13.9 Å². The number of furan rings is 1. The molecule has 8 heteroatoms. The molecule has 148 valence electrons. The first-order chi connectivity index (χ1) is 14.2. The van der Waals surface area contributed by atoms with E-state index >= 15 is 0 Å². The molecular weight excluding hydrogens is 388 g/mol. The molecule has 0 spiro atoms. The number of nitrogens with zero attached hydrogens (tertiary/aromatic N) is 3. The summed E-state index contributed by atoms with van der Waals surface area (Å²) in [6, 6.07) is 10.5. The molecule has 1 aromatic carbocycles. The molecule has 3 aromatic heterocycles.